The fourth-order valence-electron chi connectivity index (χ4n) is 3.40. The summed E-state index contributed by atoms with van der Waals surface area (Å²) in [5, 5.41) is 2.85. The fourth-order valence-corrected chi connectivity index (χ4v) is 3.40. The van der Waals surface area contributed by atoms with Crippen LogP contribution in [0.1, 0.15) is 62.5 Å². The van der Waals surface area contributed by atoms with Gasteiger partial charge in [0.1, 0.15) is 11.3 Å². The summed E-state index contributed by atoms with van der Waals surface area (Å²) in [5.74, 6) is -0.352. The van der Waals surface area contributed by atoms with Crippen molar-refractivity contribution in [2.24, 2.45) is 11.3 Å². The van der Waals surface area contributed by atoms with E-state index in [0.717, 1.165) is 37.8 Å². The van der Waals surface area contributed by atoms with E-state index >= 15 is 0 Å². The van der Waals surface area contributed by atoms with Crippen molar-refractivity contribution in [3.05, 3.63) is 33.7 Å². The van der Waals surface area contributed by atoms with Gasteiger partial charge in [0.15, 0.2) is 0 Å². The lowest BCUT2D eigenvalue weighted by Gasteiger charge is -2.40. The highest BCUT2D eigenvalue weighted by Gasteiger charge is 2.36. The average molecular weight is 344 g/mol. The van der Waals surface area contributed by atoms with Gasteiger partial charge in [0.25, 0.3) is 11.5 Å². The smallest absolute Gasteiger partial charge is 0.349 e. The number of alkyl halides is 3. The molecule has 1 saturated carbocycles. The number of nitrogens with one attached hydrogen (secondary N) is 2. The van der Waals surface area contributed by atoms with Crippen molar-refractivity contribution in [1.82, 2.24) is 10.3 Å². The number of pyridine rings is 1. The predicted octanol–water partition coefficient (Wildman–Crippen LogP) is 3.73. The Labute approximate surface area is 138 Å². The highest BCUT2D eigenvalue weighted by molar-refractivity contribution is 5.94. The molecule has 1 heterocycles. The topological polar surface area (TPSA) is 62.0 Å². The second-order valence-electron chi connectivity index (χ2n) is 7.45. The quantitative estimate of drug-likeness (QED) is 0.859. The van der Waals surface area contributed by atoms with Gasteiger partial charge in [0, 0.05) is 6.04 Å². The molecule has 0 aromatic carbocycles. The molecule has 7 heteroatoms. The minimum Gasteiger partial charge on any atom is -0.349 e. The summed E-state index contributed by atoms with van der Waals surface area (Å²) in [5.41, 5.74) is -2.47. The third-order valence-corrected chi connectivity index (χ3v) is 4.65. The molecule has 24 heavy (non-hydrogen) atoms. The van der Waals surface area contributed by atoms with Crippen LogP contribution in [0.2, 0.25) is 0 Å². The second-order valence-corrected chi connectivity index (χ2v) is 7.45. The molecule has 1 amide bonds. The fraction of sp³-hybridized carbons (Fsp3) is 0.647. The Morgan fingerprint density at radius 1 is 1.17 bits per heavy atom. The summed E-state index contributed by atoms with van der Waals surface area (Å²) >= 11 is 0. The third-order valence-electron chi connectivity index (χ3n) is 4.65. The molecular formula is C17H23F3N2O2. The number of carbonyl (C=O) groups is 1. The van der Waals surface area contributed by atoms with Gasteiger partial charge in [0.2, 0.25) is 0 Å². The van der Waals surface area contributed by atoms with Crippen molar-refractivity contribution in [3.63, 3.8) is 0 Å². The van der Waals surface area contributed by atoms with Gasteiger partial charge in [-0.2, -0.15) is 13.2 Å². The van der Waals surface area contributed by atoms with Crippen LogP contribution < -0.4 is 10.9 Å². The highest BCUT2D eigenvalue weighted by atomic mass is 19.4. The summed E-state index contributed by atoms with van der Waals surface area (Å²) in [6.07, 6.45) is -0.769. The standard InChI is InChI=1S/C17H23F3N2O2/c1-16(2,3)11-6-4-5-7-12(11)21-14(23)10-8-9-13(17(18,19)20)22-15(10)24/h8-9,11-12H,4-7H2,1-3H3,(H,21,23)(H,22,24)/t11-,12-/m1/s1. The number of carbonyl (C=O) groups excluding carboxylic acids is 1. The predicted molar refractivity (Wildman–Crippen MR) is 84.7 cm³/mol. The van der Waals surface area contributed by atoms with Crippen molar-refractivity contribution in [2.75, 3.05) is 0 Å². The first-order chi connectivity index (χ1) is 11.0. The Morgan fingerprint density at radius 2 is 1.79 bits per heavy atom. The maximum Gasteiger partial charge on any atom is 0.431 e. The van der Waals surface area contributed by atoms with E-state index in [1.807, 2.05) is 0 Å². The van der Waals surface area contributed by atoms with Crippen LogP contribution in [0.5, 0.6) is 0 Å². The van der Waals surface area contributed by atoms with Crippen molar-refractivity contribution in [3.8, 4) is 0 Å². The molecule has 1 fully saturated rings. The molecule has 1 aromatic rings. The van der Waals surface area contributed by atoms with Gasteiger partial charge in [-0.1, -0.05) is 33.6 Å². The second kappa shape index (κ2) is 6.61. The van der Waals surface area contributed by atoms with Gasteiger partial charge in [-0.15, -0.1) is 0 Å². The van der Waals surface area contributed by atoms with Crippen molar-refractivity contribution >= 4 is 5.91 Å². The maximum atomic E-state index is 12.6. The highest BCUT2D eigenvalue weighted by Crippen LogP contribution is 2.38. The van der Waals surface area contributed by atoms with Gasteiger partial charge in [0.05, 0.1) is 0 Å². The molecule has 2 rings (SSSR count). The summed E-state index contributed by atoms with van der Waals surface area (Å²) in [6.45, 7) is 6.31. The normalized spacial score (nSPS) is 22.2. The van der Waals surface area contributed by atoms with Crippen molar-refractivity contribution in [1.29, 1.82) is 0 Å². The molecule has 1 aromatic heterocycles. The Kier molecular flexibility index (Phi) is 5.11. The Bertz CT molecular complexity index is 659. The van der Waals surface area contributed by atoms with Crippen molar-refractivity contribution < 1.29 is 18.0 Å². The number of halogens is 3. The minimum absolute atomic E-state index is 0.00489. The molecule has 0 saturated heterocycles. The van der Waals surface area contributed by atoms with Gasteiger partial charge in [-0.3, -0.25) is 9.59 Å². The Morgan fingerprint density at radius 3 is 2.33 bits per heavy atom. The molecular weight excluding hydrogens is 321 g/mol. The molecule has 134 valence electrons. The first-order valence-electron chi connectivity index (χ1n) is 8.11. The molecule has 0 unspecified atom stereocenters. The van der Waals surface area contributed by atoms with E-state index in [-0.39, 0.29) is 22.9 Å². The first kappa shape index (κ1) is 18.5. The molecule has 1 aliphatic carbocycles. The van der Waals surface area contributed by atoms with Gasteiger partial charge < -0.3 is 10.3 Å². The van der Waals surface area contributed by atoms with Crippen LogP contribution in [0.15, 0.2) is 16.9 Å². The van der Waals surface area contributed by atoms with E-state index < -0.39 is 23.3 Å². The molecule has 1 aliphatic rings. The molecule has 0 radical (unpaired) electrons. The van der Waals surface area contributed by atoms with Crippen LogP contribution in [-0.4, -0.2) is 16.9 Å². The van der Waals surface area contributed by atoms with E-state index in [9.17, 15) is 22.8 Å². The largest absolute Gasteiger partial charge is 0.431 e. The van der Waals surface area contributed by atoms with E-state index in [0.29, 0.717) is 0 Å². The zero-order valence-corrected chi connectivity index (χ0v) is 14.1. The number of aromatic nitrogens is 1. The van der Waals surface area contributed by atoms with Crippen LogP contribution in [-0.2, 0) is 6.18 Å². The third kappa shape index (κ3) is 4.19. The number of hydrogen-bond acceptors (Lipinski definition) is 2. The monoisotopic (exact) mass is 344 g/mol. The Balaban J connectivity index is 2.19. The number of amides is 1. The van der Waals surface area contributed by atoms with Gasteiger partial charge >= 0.3 is 6.18 Å². The summed E-state index contributed by atoms with van der Waals surface area (Å²) in [6, 6.07) is 1.58. The molecule has 0 bridgehead atoms. The van der Waals surface area contributed by atoms with Crippen LogP contribution in [0.4, 0.5) is 13.2 Å². The summed E-state index contributed by atoms with van der Waals surface area (Å²) in [7, 11) is 0. The molecule has 0 spiro atoms. The molecule has 2 N–H and O–H groups in total. The van der Waals surface area contributed by atoms with Crippen LogP contribution >= 0.6 is 0 Å². The zero-order valence-electron chi connectivity index (χ0n) is 14.1. The van der Waals surface area contributed by atoms with Crippen LogP contribution in [0.25, 0.3) is 0 Å². The number of aromatic amines is 1. The number of H-pyrrole nitrogens is 1. The molecule has 0 aliphatic heterocycles. The SMILES string of the molecule is CC(C)(C)[C@@H]1CCCC[C@H]1NC(=O)c1ccc(C(F)(F)F)[nH]c1=O. The molecule has 4 nitrogen and oxygen atoms in total. The maximum absolute atomic E-state index is 12.6. The van der Waals surface area contributed by atoms with Crippen LogP contribution in [0.3, 0.4) is 0 Å². The van der Waals surface area contributed by atoms with Gasteiger partial charge in [-0.25, -0.2) is 0 Å². The Hall–Kier alpha value is -1.79. The van der Waals surface area contributed by atoms with Crippen molar-refractivity contribution in [2.45, 2.75) is 58.7 Å². The lowest BCUT2D eigenvalue weighted by molar-refractivity contribution is -0.141. The summed E-state index contributed by atoms with van der Waals surface area (Å²) in [4.78, 5) is 25.9. The lowest BCUT2D eigenvalue weighted by atomic mass is 9.69. The number of hydrogen-bond donors (Lipinski definition) is 2. The minimum atomic E-state index is -4.64. The zero-order chi connectivity index (χ0) is 18.1. The van der Waals surface area contributed by atoms with E-state index in [2.05, 4.69) is 26.1 Å². The van der Waals surface area contributed by atoms with E-state index in [4.69, 9.17) is 0 Å². The van der Waals surface area contributed by atoms with Gasteiger partial charge in [-0.05, 0) is 36.3 Å². The molecule has 2 atom stereocenters. The summed E-state index contributed by atoms with van der Waals surface area (Å²) < 4.78 is 37.8. The lowest BCUT2D eigenvalue weighted by Crippen LogP contribution is -2.47. The van der Waals surface area contributed by atoms with E-state index in [1.54, 1.807) is 4.98 Å². The van der Waals surface area contributed by atoms with Crippen LogP contribution in [0, 0.1) is 11.3 Å². The number of rotatable bonds is 2. The first-order valence-corrected chi connectivity index (χ1v) is 8.11. The average Bonchev–Trinajstić information content (AvgIpc) is 2.45. The van der Waals surface area contributed by atoms with E-state index in [1.165, 1.54) is 0 Å².